The van der Waals surface area contributed by atoms with Crippen molar-refractivity contribution >= 4 is 0 Å². The zero-order chi connectivity index (χ0) is 14.4. The Morgan fingerprint density at radius 2 is 1.85 bits per heavy atom. The smallest absolute Gasteiger partial charge is 0.122 e. The summed E-state index contributed by atoms with van der Waals surface area (Å²) in [5, 5.41) is 10.1. The summed E-state index contributed by atoms with van der Waals surface area (Å²) in [5.41, 5.74) is 1.21. The average molecular weight is 277 g/mol. The van der Waals surface area contributed by atoms with Crippen LogP contribution in [0.15, 0.2) is 24.3 Å². The molecule has 0 unspecified atom stereocenters. The average Bonchev–Trinajstić information content (AvgIpc) is 2.46. The predicted molar refractivity (Wildman–Crippen MR) is 82.3 cm³/mol. The van der Waals surface area contributed by atoms with Gasteiger partial charge in [-0.05, 0) is 43.5 Å². The molecule has 1 saturated heterocycles. The largest absolute Gasteiger partial charge is 0.491 e. The molecular formula is C17H27NO2. The molecule has 0 saturated carbocycles. The lowest BCUT2D eigenvalue weighted by molar-refractivity contribution is 0.0613. The minimum atomic E-state index is -0.409. The number of aliphatic hydroxyl groups excluding tert-OH is 1. The Morgan fingerprint density at radius 3 is 2.55 bits per heavy atom. The van der Waals surface area contributed by atoms with E-state index in [9.17, 15) is 5.11 Å². The molecule has 3 nitrogen and oxygen atoms in total. The SMILES string of the molecule is CC(C)c1ccccc1OC[C@@H](O)CN1CCCCC1. The van der Waals surface area contributed by atoms with Crippen LogP contribution in [-0.4, -0.2) is 42.4 Å². The first-order chi connectivity index (χ1) is 9.66. The summed E-state index contributed by atoms with van der Waals surface area (Å²) in [7, 11) is 0. The molecule has 112 valence electrons. The number of β-amino-alcohol motifs (C(OH)–C–C–N with tert-alkyl or cyclic N) is 1. The van der Waals surface area contributed by atoms with Gasteiger partial charge in [-0.3, -0.25) is 0 Å². The second-order valence-corrected chi connectivity index (χ2v) is 6.02. The molecule has 1 heterocycles. The Bertz CT molecular complexity index is 400. The highest BCUT2D eigenvalue weighted by Crippen LogP contribution is 2.25. The molecule has 1 aliphatic rings. The quantitative estimate of drug-likeness (QED) is 0.867. The lowest BCUT2D eigenvalue weighted by Crippen LogP contribution is -2.38. The standard InChI is InChI=1S/C17H27NO2/c1-14(2)16-8-4-5-9-17(16)20-13-15(19)12-18-10-6-3-7-11-18/h4-5,8-9,14-15,19H,3,6-7,10-13H2,1-2H3/t15-/m0/s1. The van der Waals surface area contributed by atoms with Crippen molar-refractivity contribution in [2.45, 2.75) is 45.1 Å². The van der Waals surface area contributed by atoms with Crippen molar-refractivity contribution in [3.8, 4) is 5.75 Å². The third-order valence-electron chi connectivity index (χ3n) is 3.89. The van der Waals surface area contributed by atoms with Gasteiger partial charge in [-0.1, -0.05) is 38.5 Å². The van der Waals surface area contributed by atoms with Gasteiger partial charge in [0.15, 0.2) is 0 Å². The number of aliphatic hydroxyl groups is 1. The highest BCUT2D eigenvalue weighted by molar-refractivity contribution is 5.35. The Hall–Kier alpha value is -1.06. The maximum absolute atomic E-state index is 10.1. The molecule has 2 rings (SSSR count). The zero-order valence-corrected chi connectivity index (χ0v) is 12.7. The van der Waals surface area contributed by atoms with Crippen molar-refractivity contribution < 1.29 is 9.84 Å². The van der Waals surface area contributed by atoms with Gasteiger partial charge in [0, 0.05) is 6.54 Å². The van der Waals surface area contributed by atoms with Gasteiger partial charge in [0.05, 0.1) is 0 Å². The maximum atomic E-state index is 10.1. The molecule has 1 aliphatic heterocycles. The van der Waals surface area contributed by atoms with E-state index in [-0.39, 0.29) is 0 Å². The van der Waals surface area contributed by atoms with E-state index in [4.69, 9.17) is 4.74 Å². The van der Waals surface area contributed by atoms with Crippen LogP contribution in [0, 0.1) is 0 Å². The van der Waals surface area contributed by atoms with Crippen molar-refractivity contribution in [2.24, 2.45) is 0 Å². The first-order valence-corrected chi connectivity index (χ1v) is 7.79. The van der Waals surface area contributed by atoms with Crippen molar-refractivity contribution in [1.29, 1.82) is 0 Å². The van der Waals surface area contributed by atoms with Crippen LogP contribution >= 0.6 is 0 Å². The summed E-state index contributed by atoms with van der Waals surface area (Å²) >= 11 is 0. The molecule has 1 aromatic rings. The minimum absolute atomic E-state index is 0.375. The first kappa shape index (κ1) is 15.3. The van der Waals surface area contributed by atoms with Gasteiger partial charge >= 0.3 is 0 Å². The highest BCUT2D eigenvalue weighted by Gasteiger charge is 2.15. The molecule has 3 heteroatoms. The Labute approximate surface area is 122 Å². The number of hydrogen-bond acceptors (Lipinski definition) is 3. The normalized spacial score (nSPS) is 18.2. The summed E-state index contributed by atoms with van der Waals surface area (Å²) in [6.45, 7) is 7.64. The van der Waals surface area contributed by atoms with Gasteiger partial charge in [0.25, 0.3) is 0 Å². The van der Waals surface area contributed by atoms with Crippen LogP contribution in [0.1, 0.15) is 44.6 Å². The van der Waals surface area contributed by atoms with Gasteiger partial charge in [-0.15, -0.1) is 0 Å². The number of likely N-dealkylation sites (tertiary alicyclic amines) is 1. The highest BCUT2D eigenvalue weighted by atomic mass is 16.5. The van der Waals surface area contributed by atoms with Gasteiger partial charge in [0.2, 0.25) is 0 Å². The van der Waals surface area contributed by atoms with Crippen LogP contribution in [0.2, 0.25) is 0 Å². The minimum Gasteiger partial charge on any atom is -0.491 e. The monoisotopic (exact) mass is 277 g/mol. The molecular weight excluding hydrogens is 250 g/mol. The molecule has 0 aromatic heterocycles. The molecule has 0 bridgehead atoms. The number of hydrogen-bond donors (Lipinski definition) is 1. The second kappa shape index (κ2) is 7.65. The molecule has 0 amide bonds. The van der Waals surface area contributed by atoms with Crippen LogP contribution in [-0.2, 0) is 0 Å². The van der Waals surface area contributed by atoms with Gasteiger partial charge in [-0.25, -0.2) is 0 Å². The summed E-state index contributed by atoms with van der Waals surface area (Å²) in [6.07, 6.45) is 3.42. The van der Waals surface area contributed by atoms with E-state index in [1.165, 1.54) is 24.8 Å². The number of piperidine rings is 1. The van der Waals surface area contributed by atoms with E-state index in [0.29, 0.717) is 12.5 Å². The summed E-state index contributed by atoms with van der Waals surface area (Å²) in [4.78, 5) is 2.34. The van der Waals surface area contributed by atoms with Crippen LogP contribution < -0.4 is 4.74 Å². The van der Waals surface area contributed by atoms with Crippen molar-refractivity contribution in [2.75, 3.05) is 26.2 Å². The van der Waals surface area contributed by atoms with Crippen molar-refractivity contribution in [3.05, 3.63) is 29.8 Å². The van der Waals surface area contributed by atoms with Gasteiger partial charge < -0.3 is 14.7 Å². The summed E-state index contributed by atoms with van der Waals surface area (Å²) < 4.78 is 5.83. The number of para-hydroxylation sites is 1. The first-order valence-electron chi connectivity index (χ1n) is 7.79. The number of benzene rings is 1. The van der Waals surface area contributed by atoms with Gasteiger partial charge in [0.1, 0.15) is 18.5 Å². The van der Waals surface area contributed by atoms with E-state index in [1.807, 2.05) is 18.2 Å². The third-order valence-corrected chi connectivity index (χ3v) is 3.89. The van der Waals surface area contributed by atoms with E-state index in [2.05, 4.69) is 24.8 Å². The number of rotatable bonds is 6. The van der Waals surface area contributed by atoms with E-state index < -0.39 is 6.10 Å². The molecule has 1 fully saturated rings. The number of nitrogens with zero attached hydrogens (tertiary/aromatic N) is 1. The number of ether oxygens (including phenoxy) is 1. The Balaban J connectivity index is 1.82. The summed E-state index contributed by atoms with van der Waals surface area (Å²) in [6, 6.07) is 8.10. The lowest BCUT2D eigenvalue weighted by Gasteiger charge is -2.28. The maximum Gasteiger partial charge on any atom is 0.122 e. The van der Waals surface area contributed by atoms with Crippen LogP contribution in [0.25, 0.3) is 0 Å². The van der Waals surface area contributed by atoms with Crippen molar-refractivity contribution in [1.82, 2.24) is 4.90 Å². The fourth-order valence-corrected chi connectivity index (χ4v) is 2.77. The summed E-state index contributed by atoms with van der Waals surface area (Å²) in [5.74, 6) is 1.34. The van der Waals surface area contributed by atoms with Crippen LogP contribution in [0.3, 0.4) is 0 Å². The molecule has 1 atom stereocenters. The molecule has 1 aromatic carbocycles. The zero-order valence-electron chi connectivity index (χ0n) is 12.7. The fraction of sp³-hybridized carbons (Fsp3) is 0.647. The molecule has 0 radical (unpaired) electrons. The molecule has 0 aliphatic carbocycles. The molecule has 20 heavy (non-hydrogen) atoms. The second-order valence-electron chi connectivity index (χ2n) is 6.02. The predicted octanol–water partition coefficient (Wildman–Crippen LogP) is 3.04. The van der Waals surface area contributed by atoms with Crippen molar-refractivity contribution in [3.63, 3.8) is 0 Å². The third kappa shape index (κ3) is 4.50. The Morgan fingerprint density at radius 1 is 1.15 bits per heavy atom. The van der Waals surface area contributed by atoms with E-state index in [0.717, 1.165) is 25.4 Å². The molecule has 1 N–H and O–H groups in total. The fourth-order valence-electron chi connectivity index (χ4n) is 2.77. The van der Waals surface area contributed by atoms with Crippen LogP contribution in [0.4, 0.5) is 0 Å². The Kier molecular flexibility index (Phi) is 5.86. The topological polar surface area (TPSA) is 32.7 Å². The van der Waals surface area contributed by atoms with Gasteiger partial charge in [-0.2, -0.15) is 0 Å². The lowest BCUT2D eigenvalue weighted by atomic mass is 10.0. The van der Waals surface area contributed by atoms with E-state index in [1.54, 1.807) is 0 Å². The van der Waals surface area contributed by atoms with E-state index >= 15 is 0 Å². The molecule has 0 spiro atoms. The van der Waals surface area contributed by atoms with Crippen LogP contribution in [0.5, 0.6) is 5.75 Å².